The molecule has 102 valence electrons. The van der Waals surface area contributed by atoms with Gasteiger partial charge < -0.3 is 11.1 Å². The molecule has 1 amide bonds. The molecule has 0 aliphatic carbocycles. The molecule has 2 aromatic rings. The third-order valence-electron chi connectivity index (χ3n) is 2.61. The van der Waals surface area contributed by atoms with Gasteiger partial charge in [-0.1, -0.05) is 17.4 Å². The first kappa shape index (κ1) is 14.0. The molecule has 0 aromatic carbocycles. The molecule has 0 spiro atoms. The van der Waals surface area contributed by atoms with Crippen LogP contribution in [0.4, 0.5) is 5.13 Å². The standard InChI is InChI=1S/C12H16N4OS2/c1-8(11-15-16-12(13)19-11)14-10(17)6-2-4-9-5-3-7-18-9/h3,5,7-8H,2,4,6H2,1H3,(H2,13,16)(H,14,17). The second kappa shape index (κ2) is 6.63. The Morgan fingerprint density at radius 1 is 1.53 bits per heavy atom. The Labute approximate surface area is 119 Å². The van der Waals surface area contributed by atoms with Crippen molar-refractivity contribution in [1.82, 2.24) is 15.5 Å². The number of amides is 1. The van der Waals surface area contributed by atoms with Crippen LogP contribution in [0.2, 0.25) is 0 Å². The van der Waals surface area contributed by atoms with Crippen molar-refractivity contribution in [2.24, 2.45) is 0 Å². The number of nitrogens with one attached hydrogen (secondary N) is 1. The van der Waals surface area contributed by atoms with Gasteiger partial charge in [0.05, 0.1) is 6.04 Å². The molecule has 5 nitrogen and oxygen atoms in total. The van der Waals surface area contributed by atoms with Crippen molar-refractivity contribution >= 4 is 33.7 Å². The molecule has 2 rings (SSSR count). The molecule has 0 fully saturated rings. The highest BCUT2D eigenvalue weighted by Gasteiger charge is 2.13. The molecular weight excluding hydrogens is 280 g/mol. The molecule has 0 saturated carbocycles. The van der Waals surface area contributed by atoms with Crippen molar-refractivity contribution in [2.45, 2.75) is 32.2 Å². The van der Waals surface area contributed by atoms with E-state index < -0.39 is 0 Å². The molecular formula is C12H16N4OS2. The maximum atomic E-state index is 11.8. The summed E-state index contributed by atoms with van der Waals surface area (Å²) < 4.78 is 0. The number of hydrogen-bond acceptors (Lipinski definition) is 6. The largest absolute Gasteiger partial charge is 0.374 e. The van der Waals surface area contributed by atoms with Crippen LogP contribution in [0.1, 0.15) is 35.7 Å². The lowest BCUT2D eigenvalue weighted by molar-refractivity contribution is -0.121. The van der Waals surface area contributed by atoms with Crippen LogP contribution in [0.15, 0.2) is 17.5 Å². The first-order valence-electron chi connectivity index (χ1n) is 6.06. The van der Waals surface area contributed by atoms with E-state index >= 15 is 0 Å². The summed E-state index contributed by atoms with van der Waals surface area (Å²) in [6.07, 6.45) is 2.33. The average Bonchev–Trinajstić information content (AvgIpc) is 3.00. The van der Waals surface area contributed by atoms with E-state index in [0.717, 1.165) is 17.8 Å². The van der Waals surface area contributed by atoms with Gasteiger partial charge in [0.25, 0.3) is 0 Å². The average molecular weight is 296 g/mol. The highest BCUT2D eigenvalue weighted by molar-refractivity contribution is 7.15. The Balaban J connectivity index is 1.72. The quantitative estimate of drug-likeness (QED) is 0.857. The Kier molecular flexibility index (Phi) is 4.86. The van der Waals surface area contributed by atoms with E-state index in [2.05, 4.69) is 27.0 Å². The van der Waals surface area contributed by atoms with Crippen molar-refractivity contribution in [1.29, 1.82) is 0 Å². The van der Waals surface area contributed by atoms with E-state index in [4.69, 9.17) is 5.73 Å². The molecule has 19 heavy (non-hydrogen) atoms. The van der Waals surface area contributed by atoms with Gasteiger partial charge in [-0.05, 0) is 31.2 Å². The van der Waals surface area contributed by atoms with Crippen LogP contribution in [0.25, 0.3) is 0 Å². The number of carbonyl (C=O) groups excluding carboxylic acids is 1. The van der Waals surface area contributed by atoms with Crippen molar-refractivity contribution in [3.8, 4) is 0 Å². The van der Waals surface area contributed by atoms with Gasteiger partial charge in [-0.2, -0.15) is 0 Å². The number of anilines is 1. The number of nitrogens with two attached hydrogens (primary N) is 1. The van der Waals surface area contributed by atoms with Crippen LogP contribution in [-0.2, 0) is 11.2 Å². The van der Waals surface area contributed by atoms with E-state index in [1.807, 2.05) is 13.0 Å². The maximum Gasteiger partial charge on any atom is 0.220 e. The minimum absolute atomic E-state index is 0.0397. The molecule has 0 radical (unpaired) electrons. The highest BCUT2D eigenvalue weighted by Crippen LogP contribution is 2.19. The van der Waals surface area contributed by atoms with Crippen molar-refractivity contribution in [2.75, 3.05) is 5.73 Å². The smallest absolute Gasteiger partial charge is 0.220 e. The number of thiophene rings is 1. The summed E-state index contributed by atoms with van der Waals surface area (Å²) in [5.41, 5.74) is 5.51. The molecule has 0 aliphatic heterocycles. The van der Waals surface area contributed by atoms with Crippen LogP contribution in [0, 0.1) is 0 Å². The van der Waals surface area contributed by atoms with Gasteiger partial charge in [0.15, 0.2) is 0 Å². The minimum atomic E-state index is -0.135. The third-order valence-corrected chi connectivity index (χ3v) is 4.48. The normalized spacial score (nSPS) is 12.3. The van der Waals surface area contributed by atoms with E-state index in [9.17, 15) is 4.79 Å². The fraction of sp³-hybridized carbons (Fsp3) is 0.417. The van der Waals surface area contributed by atoms with Crippen LogP contribution in [0.3, 0.4) is 0 Å². The fourth-order valence-corrected chi connectivity index (χ4v) is 3.04. The first-order valence-corrected chi connectivity index (χ1v) is 7.75. The van der Waals surface area contributed by atoms with Gasteiger partial charge in [0.1, 0.15) is 5.01 Å². The molecule has 1 atom stereocenters. The first-order chi connectivity index (χ1) is 9.15. The highest BCUT2D eigenvalue weighted by atomic mass is 32.1. The lowest BCUT2D eigenvalue weighted by Crippen LogP contribution is -2.26. The van der Waals surface area contributed by atoms with Crippen LogP contribution >= 0.6 is 22.7 Å². The topological polar surface area (TPSA) is 80.9 Å². The molecule has 0 saturated heterocycles. The summed E-state index contributed by atoms with van der Waals surface area (Å²) >= 11 is 3.03. The summed E-state index contributed by atoms with van der Waals surface area (Å²) in [5, 5.41) is 13.8. The molecule has 1 unspecified atom stereocenters. The zero-order valence-corrected chi connectivity index (χ0v) is 12.3. The lowest BCUT2D eigenvalue weighted by Gasteiger charge is -2.10. The Bertz CT molecular complexity index is 524. The van der Waals surface area contributed by atoms with Gasteiger partial charge in [0.2, 0.25) is 11.0 Å². The monoisotopic (exact) mass is 296 g/mol. The third kappa shape index (κ3) is 4.29. The zero-order valence-electron chi connectivity index (χ0n) is 10.6. The number of rotatable bonds is 6. The number of carbonyl (C=O) groups is 1. The van der Waals surface area contributed by atoms with Gasteiger partial charge in [-0.3, -0.25) is 4.79 Å². The molecule has 0 bridgehead atoms. The molecule has 2 heterocycles. The van der Waals surface area contributed by atoms with Crippen LogP contribution in [-0.4, -0.2) is 16.1 Å². The van der Waals surface area contributed by atoms with E-state index in [1.54, 1.807) is 11.3 Å². The predicted molar refractivity (Wildman–Crippen MR) is 78.1 cm³/mol. The van der Waals surface area contributed by atoms with E-state index in [1.165, 1.54) is 16.2 Å². The van der Waals surface area contributed by atoms with Crippen molar-refractivity contribution in [3.63, 3.8) is 0 Å². The second-order valence-corrected chi connectivity index (χ2v) is 6.27. The van der Waals surface area contributed by atoms with E-state index in [-0.39, 0.29) is 11.9 Å². The summed E-state index contributed by atoms with van der Waals surface area (Å²) in [6, 6.07) is 3.99. The number of nitrogens with zero attached hydrogens (tertiary/aromatic N) is 2. The molecule has 2 aromatic heterocycles. The minimum Gasteiger partial charge on any atom is -0.374 e. The van der Waals surface area contributed by atoms with Crippen molar-refractivity contribution < 1.29 is 4.79 Å². The summed E-state index contributed by atoms with van der Waals surface area (Å²) in [5.74, 6) is 0.0397. The summed E-state index contributed by atoms with van der Waals surface area (Å²) in [4.78, 5) is 13.1. The predicted octanol–water partition coefficient (Wildman–Crippen LogP) is 2.38. The Hall–Kier alpha value is -1.47. The summed E-state index contributed by atoms with van der Waals surface area (Å²) in [6.45, 7) is 1.89. The number of aromatic nitrogens is 2. The van der Waals surface area contributed by atoms with Crippen molar-refractivity contribution in [3.05, 3.63) is 27.4 Å². The molecule has 3 N–H and O–H groups in total. The SMILES string of the molecule is CC(NC(=O)CCCc1cccs1)c1nnc(N)s1. The van der Waals surface area contributed by atoms with Gasteiger partial charge in [-0.15, -0.1) is 21.5 Å². The van der Waals surface area contributed by atoms with Gasteiger partial charge in [-0.25, -0.2) is 0 Å². The molecule has 7 heteroatoms. The number of hydrogen-bond donors (Lipinski definition) is 2. The van der Waals surface area contributed by atoms with Crippen LogP contribution in [0.5, 0.6) is 0 Å². The number of nitrogen functional groups attached to an aromatic ring is 1. The summed E-state index contributed by atoms with van der Waals surface area (Å²) in [7, 11) is 0. The number of aryl methyl sites for hydroxylation is 1. The Morgan fingerprint density at radius 3 is 3.00 bits per heavy atom. The lowest BCUT2D eigenvalue weighted by atomic mass is 10.2. The Morgan fingerprint density at radius 2 is 2.37 bits per heavy atom. The molecule has 0 aliphatic rings. The second-order valence-electron chi connectivity index (χ2n) is 4.20. The fourth-order valence-electron chi connectivity index (χ4n) is 1.67. The zero-order chi connectivity index (χ0) is 13.7. The van der Waals surface area contributed by atoms with E-state index in [0.29, 0.717) is 11.6 Å². The van der Waals surface area contributed by atoms with Gasteiger partial charge in [0, 0.05) is 11.3 Å². The van der Waals surface area contributed by atoms with Crippen LogP contribution < -0.4 is 11.1 Å². The van der Waals surface area contributed by atoms with Gasteiger partial charge >= 0.3 is 0 Å². The maximum absolute atomic E-state index is 11.8.